The molecule has 2 heterocycles. The maximum atomic E-state index is 11.5. The molecule has 0 atom stereocenters. The van der Waals surface area contributed by atoms with Gasteiger partial charge in [-0.05, 0) is 24.6 Å². The number of hydrogen-bond acceptors (Lipinski definition) is 5. The minimum absolute atomic E-state index is 0.258. The number of hydrogen-bond donors (Lipinski definition) is 1. The number of aryl methyl sites for hydroxylation is 1. The van der Waals surface area contributed by atoms with E-state index in [4.69, 9.17) is 4.42 Å². The van der Waals surface area contributed by atoms with E-state index >= 15 is 0 Å². The van der Waals surface area contributed by atoms with Crippen molar-refractivity contribution in [2.75, 3.05) is 6.54 Å². The van der Waals surface area contributed by atoms with Crippen molar-refractivity contribution in [2.24, 2.45) is 0 Å². The lowest BCUT2D eigenvalue weighted by Gasteiger charge is -2.02. The number of nitrogens with one attached hydrogen (secondary N) is 1. The van der Waals surface area contributed by atoms with E-state index in [2.05, 4.69) is 10.4 Å². The van der Waals surface area contributed by atoms with E-state index in [1.54, 1.807) is 10.9 Å². The van der Waals surface area contributed by atoms with Crippen LogP contribution in [0.1, 0.15) is 12.2 Å². The first-order chi connectivity index (χ1) is 10.1. The van der Waals surface area contributed by atoms with Crippen LogP contribution in [0.2, 0.25) is 0 Å². The lowest BCUT2D eigenvalue weighted by Crippen LogP contribution is -2.23. The largest absolute Gasteiger partial charge is 0.433 e. The molecule has 0 aliphatic rings. The lowest BCUT2D eigenvalue weighted by atomic mass is 10.3. The predicted molar refractivity (Wildman–Crippen MR) is 74.3 cm³/mol. The summed E-state index contributed by atoms with van der Waals surface area (Å²) in [6.07, 6.45) is 6.97. The molecule has 1 amide bonds. The van der Waals surface area contributed by atoms with Crippen molar-refractivity contribution in [3.05, 3.63) is 52.5 Å². The van der Waals surface area contributed by atoms with Gasteiger partial charge < -0.3 is 9.73 Å². The Bertz CT molecular complexity index is 630. The molecule has 21 heavy (non-hydrogen) atoms. The highest BCUT2D eigenvalue weighted by Gasteiger charge is 2.09. The first-order valence-corrected chi connectivity index (χ1v) is 6.33. The summed E-state index contributed by atoms with van der Waals surface area (Å²) in [6, 6.07) is 4.51. The lowest BCUT2D eigenvalue weighted by molar-refractivity contribution is -0.402. The number of furan rings is 1. The van der Waals surface area contributed by atoms with Crippen LogP contribution in [0.5, 0.6) is 0 Å². The summed E-state index contributed by atoms with van der Waals surface area (Å²) in [5.74, 6) is -0.378. The van der Waals surface area contributed by atoms with Crippen molar-refractivity contribution in [1.29, 1.82) is 0 Å². The number of carbonyl (C=O) groups is 1. The molecule has 0 aliphatic heterocycles. The Kier molecular flexibility index (Phi) is 4.86. The van der Waals surface area contributed by atoms with Gasteiger partial charge in [-0.3, -0.25) is 19.6 Å². The van der Waals surface area contributed by atoms with Crippen molar-refractivity contribution < 1.29 is 14.1 Å². The number of nitro groups is 1. The third kappa shape index (κ3) is 4.60. The predicted octanol–water partition coefficient (Wildman–Crippen LogP) is 1.60. The zero-order valence-electron chi connectivity index (χ0n) is 11.1. The van der Waals surface area contributed by atoms with Gasteiger partial charge in [-0.15, -0.1) is 0 Å². The summed E-state index contributed by atoms with van der Waals surface area (Å²) >= 11 is 0. The second-order valence-electron chi connectivity index (χ2n) is 4.18. The van der Waals surface area contributed by atoms with E-state index in [0.29, 0.717) is 6.54 Å². The standard InChI is InChI=1S/C13H14N4O4/c18-12(14-7-1-9-16-10-2-8-15-16)5-3-11-4-6-13(21-11)17(19)20/h2-6,8,10H,1,7,9H2,(H,14,18)/b5-3+. The van der Waals surface area contributed by atoms with Gasteiger partial charge in [0, 0.05) is 31.6 Å². The number of nitrogens with zero attached hydrogens (tertiary/aromatic N) is 3. The molecular formula is C13H14N4O4. The Morgan fingerprint density at radius 3 is 3.05 bits per heavy atom. The van der Waals surface area contributed by atoms with Gasteiger partial charge in [0.15, 0.2) is 0 Å². The fourth-order valence-electron chi connectivity index (χ4n) is 1.63. The Morgan fingerprint density at radius 1 is 1.52 bits per heavy atom. The van der Waals surface area contributed by atoms with Crippen LogP contribution in [0.15, 0.2) is 41.1 Å². The van der Waals surface area contributed by atoms with Crippen LogP contribution < -0.4 is 5.32 Å². The molecule has 0 aromatic carbocycles. The Hall–Kier alpha value is -2.90. The van der Waals surface area contributed by atoms with Crippen molar-refractivity contribution >= 4 is 17.9 Å². The van der Waals surface area contributed by atoms with Gasteiger partial charge in [0.1, 0.15) is 10.7 Å². The molecule has 8 heteroatoms. The topological polar surface area (TPSA) is 103 Å². The van der Waals surface area contributed by atoms with Crippen molar-refractivity contribution in [3.63, 3.8) is 0 Å². The summed E-state index contributed by atoms with van der Waals surface area (Å²) < 4.78 is 6.67. The highest BCUT2D eigenvalue weighted by Crippen LogP contribution is 2.16. The Morgan fingerprint density at radius 2 is 2.38 bits per heavy atom. The number of aromatic nitrogens is 2. The molecule has 0 spiro atoms. The van der Waals surface area contributed by atoms with E-state index < -0.39 is 4.92 Å². The molecule has 2 rings (SSSR count). The van der Waals surface area contributed by atoms with Gasteiger partial charge >= 0.3 is 5.88 Å². The third-order valence-corrected chi connectivity index (χ3v) is 2.61. The Labute approximate surface area is 120 Å². The Balaban J connectivity index is 1.70. The molecule has 0 radical (unpaired) electrons. The van der Waals surface area contributed by atoms with Crippen molar-refractivity contribution in [1.82, 2.24) is 15.1 Å². The molecule has 110 valence electrons. The second kappa shape index (κ2) is 7.04. The molecule has 2 aromatic heterocycles. The molecule has 0 saturated carbocycles. The molecule has 2 aromatic rings. The summed E-state index contributed by atoms with van der Waals surface area (Å²) in [5.41, 5.74) is 0. The van der Waals surface area contributed by atoms with Gasteiger partial charge in [-0.1, -0.05) is 0 Å². The normalized spacial score (nSPS) is 10.9. The number of amides is 1. The summed E-state index contributed by atoms with van der Waals surface area (Å²) in [4.78, 5) is 21.3. The molecule has 0 bridgehead atoms. The van der Waals surface area contributed by atoms with Crippen LogP contribution in [0.4, 0.5) is 5.88 Å². The van der Waals surface area contributed by atoms with Gasteiger partial charge in [0.05, 0.1) is 6.07 Å². The van der Waals surface area contributed by atoms with Crippen LogP contribution in [0.25, 0.3) is 6.08 Å². The molecule has 0 aliphatic carbocycles. The fourth-order valence-corrected chi connectivity index (χ4v) is 1.63. The van der Waals surface area contributed by atoms with E-state index in [0.717, 1.165) is 13.0 Å². The highest BCUT2D eigenvalue weighted by atomic mass is 16.6. The van der Waals surface area contributed by atoms with Crippen LogP contribution in [0, 0.1) is 10.1 Å². The van der Waals surface area contributed by atoms with Crippen LogP contribution in [-0.4, -0.2) is 27.2 Å². The van der Waals surface area contributed by atoms with Gasteiger partial charge in [0.25, 0.3) is 0 Å². The fraction of sp³-hybridized carbons (Fsp3) is 0.231. The number of carbonyl (C=O) groups excluding carboxylic acids is 1. The van der Waals surface area contributed by atoms with Crippen LogP contribution in [-0.2, 0) is 11.3 Å². The second-order valence-corrected chi connectivity index (χ2v) is 4.18. The van der Waals surface area contributed by atoms with Crippen molar-refractivity contribution in [3.8, 4) is 0 Å². The monoisotopic (exact) mass is 290 g/mol. The first kappa shape index (κ1) is 14.5. The third-order valence-electron chi connectivity index (χ3n) is 2.61. The van der Waals surface area contributed by atoms with E-state index in [1.807, 2.05) is 12.3 Å². The average molecular weight is 290 g/mol. The van der Waals surface area contributed by atoms with Gasteiger partial charge in [-0.2, -0.15) is 5.10 Å². The van der Waals surface area contributed by atoms with Crippen LogP contribution in [0.3, 0.4) is 0 Å². The zero-order valence-corrected chi connectivity index (χ0v) is 11.1. The summed E-state index contributed by atoms with van der Waals surface area (Å²) in [6.45, 7) is 1.24. The minimum atomic E-state index is -0.632. The van der Waals surface area contributed by atoms with E-state index in [-0.39, 0.29) is 17.6 Å². The average Bonchev–Trinajstić information content (AvgIpc) is 3.12. The van der Waals surface area contributed by atoms with E-state index in [1.165, 1.54) is 24.3 Å². The molecule has 8 nitrogen and oxygen atoms in total. The maximum absolute atomic E-state index is 11.5. The smallest absolute Gasteiger partial charge is 0.401 e. The molecular weight excluding hydrogens is 276 g/mol. The van der Waals surface area contributed by atoms with Crippen LogP contribution >= 0.6 is 0 Å². The van der Waals surface area contributed by atoms with Gasteiger partial charge in [0.2, 0.25) is 5.91 Å². The number of rotatable bonds is 7. The van der Waals surface area contributed by atoms with Gasteiger partial charge in [-0.25, -0.2) is 0 Å². The minimum Gasteiger partial charge on any atom is -0.401 e. The zero-order chi connectivity index (χ0) is 15.1. The molecule has 1 N–H and O–H groups in total. The quantitative estimate of drug-likeness (QED) is 0.361. The highest BCUT2D eigenvalue weighted by molar-refractivity contribution is 5.91. The molecule has 0 unspecified atom stereocenters. The molecule has 0 fully saturated rings. The van der Waals surface area contributed by atoms with E-state index in [9.17, 15) is 14.9 Å². The maximum Gasteiger partial charge on any atom is 0.433 e. The SMILES string of the molecule is O=C(/C=C/c1ccc([N+](=O)[O-])o1)NCCCn1cccn1. The summed E-state index contributed by atoms with van der Waals surface area (Å²) in [5, 5.41) is 17.2. The molecule has 0 saturated heterocycles. The summed E-state index contributed by atoms with van der Waals surface area (Å²) in [7, 11) is 0. The van der Waals surface area contributed by atoms with Crippen molar-refractivity contribution in [2.45, 2.75) is 13.0 Å². The first-order valence-electron chi connectivity index (χ1n) is 6.33.